The molecule has 3 rings (SSSR count). The molecular weight excluding hydrogens is 378 g/mol. The number of hydrogen-bond acceptors (Lipinski definition) is 4. The van der Waals surface area contributed by atoms with E-state index in [1.807, 2.05) is 29.2 Å². The minimum Gasteiger partial charge on any atom is -0.493 e. The summed E-state index contributed by atoms with van der Waals surface area (Å²) in [6.07, 6.45) is 3.29. The van der Waals surface area contributed by atoms with Crippen LogP contribution in [0.2, 0.25) is 0 Å². The van der Waals surface area contributed by atoms with Crippen LogP contribution >= 0.6 is 0 Å². The zero-order valence-electron chi connectivity index (χ0n) is 17.8. The molecule has 0 radical (unpaired) electrons. The lowest BCUT2D eigenvalue weighted by atomic mass is 10.1. The molecule has 0 aliphatic carbocycles. The van der Waals surface area contributed by atoms with Gasteiger partial charge < -0.3 is 20.3 Å². The predicted molar refractivity (Wildman–Crippen MR) is 120 cm³/mol. The summed E-state index contributed by atoms with van der Waals surface area (Å²) in [4.78, 5) is 26.9. The van der Waals surface area contributed by atoms with Gasteiger partial charge in [0.1, 0.15) is 5.75 Å². The van der Waals surface area contributed by atoms with Crippen molar-refractivity contribution in [1.82, 2.24) is 4.90 Å². The molecule has 0 aromatic heterocycles. The minimum atomic E-state index is -0.169. The maximum atomic E-state index is 12.7. The molecule has 0 spiro atoms. The molecule has 2 N–H and O–H groups in total. The first-order valence-electron chi connectivity index (χ1n) is 10.7. The molecule has 2 aromatic carbocycles. The van der Waals surface area contributed by atoms with Crippen LogP contribution in [0.4, 0.5) is 11.4 Å². The number of rotatable bonds is 8. The van der Waals surface area contributed by atoms with Crippen molar-refractivity contribution >= 4 is 23.2 Å². The zero-order valence-corrected chi connectivity index (χ0v) is 17.8. The molecule has 0 atom stereocenters. The van der Waals surface area contributed by atoms with Crippen molar-refractivity contribution in [3.05, 3.63) is 54.1 Å². The summed E-state index contributed by atoms with van der Waals surface area (Å²) >= 11 is 0. The average Bonchev–Trinajstić information content (AvgIpc) is 2.77. The van der Waals surface area contributed by atoms with Gasteiger partial charge in [-0.3, -0.25) is 9.59 Å². The van der Waals surface area contributed by atoms with E-state index in [2.05, 4.69) is 24.5 Å². The number of nitrogens with zero attached hydrogens (tertiary/aromatic N) is 1. The van der Waals surface area contributed by atoms with Crippen molar-refractivity contribution in [1.29, 1.82) is 0 Å². The summed E-state index contributed by atoms with van der Waals surface area (Å²) in [5, 5.41) is 5.96. The van der Waals surface area contributed by atoms with Crippen molar-refractivity contribution in [2.24, 2.45) is 5.92 Å². The lowest BCUT2D eigenvalue weighted by molar-refractivity contribution is -0.114. The number of hydrogen-bond donors (Lipinski definition) is 2. The van der Waals surface area contributed by atoms with Crippen LogP contribution in [-0.4, -0.2) is 43.0 Å². The normalized spacial score (nSPS) is 13.8. The lowest BCUT2D eigenvalue weighted by Gasteiger charge is -2.26. The Bertz CT molecular complexity index is 843. The van der Waals surface area contributed by atoms with E-state index in [4.69, 9.17) is 4.74 Å². The Balaban J connectivity index is 1.49. The second kappa shape index (κ2) is 10.7. The number of piperidine rings is 1. The van der Waals surface area contributed by atoms with Gasteiger partial charge in [0.15, 0.2) is 0 Å². The fourth-order valence-electron chi connectivity index (χ4n) is 3.33. The molecule has 1 saturated heterocycles. The van der Waals surface area contributed by atoms with Crippen LogP contribution in [0, 0.1) is 5.92 Å². The highest BCUT2D eigenvalue weighted by Crippen LogP contribution is 2.18. The highest BCUT2D eigenvalue weighted by molar-refractivity contribution is 5.98. The topological polar surface area (TPSA) is 70.7 Å². The third kappa shape index (κ3) is 6.51. The Labute approximate surface area is 178 Å². The van der Waals surface area contributed by atoms with Crippen LogP contribution in [-0.2, 0) is 4.79 Å². The number of carbonyl (C=O) groups is 2. The third-order valence-corrected chi connectivity index (χ3v) is 4.93. The van der Waals surface area contributed by atoms with Gasteiger partial charge in [-0.2, -0.15) is 0 Å². The summed E-state index contributed by atoms with van der Waals surface area (Å²) in [6, 6.07) is 14.7. The second-order valence-electron chi connectivity index (χ2n) is 8.06. The van der Waals surface area contributed by atoms with Crippen LogP contribution in [0.5, 0.6) is 5.75 Å². The number of benzene rings is 2. The maximum absolute atomic E-state index is 12.7. The van der Waals surface area contributed by atoms with Gasteiger partial charge in [-0.25, -0.2) is 0 Å². The smallest absolute Gasteiger partial charge is 0.253 e. The fraction of sp³-hybridized carbons (Fsp3) is 0.417. The van der Waals surface area contributed by atoms with E-state index in [9.17, 15) is 9.59 Å². The number of ether oxygens (including phenoxy) is 1. The van der Waals surface area contributed by atoms with Gasteiger partial charge in [0.2, 0.25) is 5.91 Å². The largest absolute Gasteiger partial charge is 0.493 e. The Morgan fingerprint density at radius 2 is 1.73 bits per heavy atom. The summed E-state index contributed by atoms with van der Waals surface area (Å²) < 4.78 is 5.66. The number of amides is 2. The van der Waals surface area contributed by atoms with E-state index < -0.39 is 0 Å². The van der Waals surface area contributed by atoms with E-state index in [1.54, 1.807) is 24.3 Å². The van der Waals surface area contributed by atoms with Crippen molar-refractivity contribution in [2.45, 2.75) is 33.1 Å². The van der Waals surface area contributed by atoms with Gasteiger partial charge in [-0.15, -0.1) is 0 Å². The lowest BCUT2D eigenvalue weighted by Crippen LogP contribution is -2.35. The SMILES string of the molecule is CC(C)COc1ccc(NCC(=O)Nc2cccc(C(=O)N3CCCCC3)c2)cc1. The van der Waals surface area contributed by atoms with Crippen LogP contribution in [0.3, 0.4) is 0 Å². The first kappa shape index (κ1) is 21.7. The molecule has 0 bridgehead atoms. The van der Waals surface area contributed by atoms with Gasteiger partial charge >= 0.3 is 0 Å². The first-order chi connectivity index (χ1) is 14.5. The summed E-state index contributed by atoms with van der Waals surface area (Å²) in [5.74, 6) is 1.15. The second-order valence-corrected chi connectivity index (χ2v) is 8.06. The maximum Gasteiger partial charge on any atom is 0.253 e. The van der Waals surface area contributed by atoms with Gasteiger partial charge in [-0.1, -0.05) is 19.9 Å². The molecule has 2 aromatic rings. The van der Waals surface area contributed by atoms with Crippen molar-refractivity contribution < 1.29 is 14.3 Å². The van der Waals surface area contributed by atoms with Crippen LogP contribution in [0.1, 0.15) is 43.5 Å². The molecule has 1 aliphatic heterocycles. The van der Waals surface area contributed by atoms with Gasteiger partial charge in [-0.05, 0) is 67.6 Å². The van der Waals surface area contributed by atoms with Crippen molar-refractivity contribution in [3.63, 3.8) is 0 Å². The Kier molecular flexibility index (Phi) is 7.71. The van der Waals surface area contributed by atoms with Crippen LogP contribution in [0.15, 0.2) is 48.5 Å². The third-order valence-electron chi connectivity index (χ3n) is 4.93. The van der Waals surface area contributed by atoms with Crippen LogP contribution in [0.25, 0.3) is 0 Å². The van der Waals surface area contributed by atoms with E-state index in [0.717, 1.165) is 37.4 Å². The molecule has 160 valence electrons. The molecule has 1 aliphatic rings. The standard InChI is InChI=1S/C24H31N3O3/c1-18(2)17-30-22-11-9-20(10-12-22)25-16-23(28)26-21-8-6-7-19(15-21)24(29)27-13-4-3-5-14-27/h6-12,15,18,25H,3-5,13-14,16-17H2,1-2H3,(H,26,28). The fourth-order valence-corrected chi connectivity index (χ4v) is 3.33. The van der Waals surface area contributed by atoms with Gasteiger partial charge in [0, 0.05) is 30.0 Å². The molecule has 1 fully saturated rings. The highest BCUT2D eigenvalue weighted by Gasteiger charge is 2.18. The Hall–Kier alpha value is -3.02. The van der Waals surface area contributed by atoms with Gasteiger partial charge in [0.25, 0.3) is 5.91 Å². The van der Waals surface area contributed by atoms with Crippen LogP contribution < -0.4 is 15.4 Å². The van der Waals surface area contributed by atoms with E-state index in [-0.39, 0.29) is 18.4 Å². The molecular formula is C24H31N3O3. The number of nitrogens with one attached hydrogen (secondary N) is 2. The van der Waals surface area contributed by atoms with Gasteiger partial charge in [0.05, 0.1) is 13.2 Å². The first-order valence-corrected chi connectivity index (χ1v) is 10.7. The number of anilines is 2. The van der Waals surface area contributed by atoms with E-state index in [0.29, 0.717) is 23.8 Å². The molecule has 6 nitrogen and oxygen atoms in total. The summed E-state index contributed by atoms with van der Waals surface area (Å²) in [5.41, 5.74) is 2.08. The quantitative estimate of drug-likeness (QED) is 0.678. The van der Waals surface area contributed by atoms with Crippen molar-refractivity contribution in [2.75, 3.05) is 36.9 Å². The average molecular weight is 410 g/mol. The zero-order chi connectivity index (χ0) is 21.3. The summed E-state index contributed by atoms with van der Waals surface area (Å²) in [6.45, 7) is 6.63. The molecule has 30 heavy (non-hydrogen) atoms. The predicted octanol–water partition coefficient (Wildman–Crippen LogP) is 4.40. The Morgan fingerprint density at radius 1 is 1.00 bits per heavy atom. The monoisotopic (exact) mass is 409 g/mol. The molecule has 0 unspecified atom stereocenters. The molecule has 0 saturated carbocycles. The van der Waals surface area contributed by atoms with E-state index in [1.165, 1.54) is 6.42 Å². The Morgan fingerprint density at radius 3 is 2.43 bits per heavy atom. The summed E-state index contributed by atoms with van der Waals surface area (Å²) in [7, 11) is 0. The highest BCUT2D eigenvalue weighted by atomic mass is 16.5. The van der Waals surface area contributed by atoms with Crippen molar-refractivity contribution in [3.8, 4) is 5.75 Å². The number of likely N-dealkylation sites (tertiary alicyclic amines) is 1. The molecule has 2 amide bonds. The molecule has 1 heterocycles. The van der Waals surface area contributed by atoms with E-state index >= 15 is 0 Å². The number of carbonyl (C=O) groups excluding carboxylic acids is 2. The minimum absolute atomic E-state index is 0.0312. The molecule has 6 heteroatoms.